The monoisotopic (exact) mass is 507 g/mol. The van der Waals surface area contributed by atoms with Crippen LogP contribution in [0.1, 0.15) is 44.6 Å². The lowest BCUT2D eigenvalue weighted by molar-refractivity contribution is -0.170. The van der Waals surface area contributed by atoms with E-state index < -0.39 is 22.9 Å². The molecule has 0 unspecified atom stereocenters. The SMILES string of the molecule is COCCOc1cc2c(NCc3cccc(C(F)(F)C(C)(C)O)c3F)nc(C)nc2cc1OC(C)C. The third-order valence-corrected chi connectivity index (χ3v) is 5.41. The summed E-state index contributed by atoms with van der Waals surface area (Å²) in [6.07, 6.45) is -0.106. The van der Waals surface area contributed by atoms with Crippen LogP contribution in [0.5, 0.6) is 11.5 Å². The van der Waals surface area contributed by atoms with Gasteiger partial charge in [-0.15, -0.1) is 0 Å². The molecule has 3 aromatic rings. The Morgan fingerprint density at radius 3 is 2.44 bits per heavy atom. The molecule has 0 amide bonds. The number of hydrogen-bond donors (Lipinski definition) is 2. The van der Waals surface area contributed by atoms with E-state index in [1.54, 1.807) is 26.2 Å². The van der Waals surface area contributed by atoms with E-state index in [1.165, 1.54) is 12.1 Å². The molecule has 0 fully saturated rings. The smallest absolute Gasteiger partial charge is 0.303 e. The molecular formula is C26H32F3N3O4. The number of methoxy groups -OCH3 is 1. The fourth-order valence-corrected chi connectivity index (χ4v) is 3.55. The van der Waals surface area contributed by atoms with Crippen molar-refractivity contribution in [2.45, 2.75) is 58.8 Å². The number of nitrogens with one attached hydrogen (secondary N) is 1. The first-order chi connectivity index (χ1) is 16.8. The van der Waals surface area contributed by atoms with E-state index in [4.69, 9.17) is 14.2 Å². The van der Waals surface area contributed by atoms with Gasteiger partial charge in [0.25, 0.3) is 0 Å². The van der Waals surface area contributed by atoms with E-state index in [0.29, 0.717) is 47.3 Å². The van der Waals surface area contributed by atoms with Gasteiger partial charge in [-0.05, 0) is 46.8 Å². The van der Waals surface area contributed by atoms with Gasteiger partial charge in [0.05, 0.1) is 23.8 Å². The van der Waals surface area contributed by atoms with Crippen LogP contribution in [0.3, 0.4) is 0 Å². The maximum atomic E-state index is 15.1. The Hall–Kier alpha value is -3.11. The van der Waals surface area contributed by atoms with Crippen LogP contribution in [-0.4, -0.2) is 47.1 Å². The summed E-state index contributed by atoms with van der Waals surface area (Å²) >= 11 is 0. The third-order valence-electron chi connectivity index (χ3n) is 5.41. The largest absolute Gasteiger partial charge is 0.487 e. The van der Waals surface area contributed by atoms with Crippen LogP contribution in [0.2, 0.25) is 0 Å². The predicted molar refractivity (Wildman–Crippen MR) is 131 cm³/mol. The molecule has 7 nitrogen and oxygen atoms in total. The van der Waals surface area contributed by atoms with Crippen LogP contribution in [0.25, 0.3) is 10.9 Å². The molecule has 2 aromatic carbocycles. The van der Waals surface area contributed by atoms with E-state index in [2.05, 4.69) is 15.3 Å². The minimum absolute atomic E-state index is 0.00262. The molecular weight excluding hydrogens is 475 g/mol. The Bertz CT molecular complexity index is 1210. The van der Waals surface area contributed by atoms with Crippen molar-refractivity contribution in [3.8, 4) is 11.5 Å². The summed E-state index contributed by atoms with van der Waals surface area (Å²) in [7, 11) is 1.57. The van der Waals surface area contributed by atoms with Gasteiger partial charge in [0.1, 0.15) is 29.7 Å². The first-order valence-corrected chi connectivity index (χ1v) is 11.6. The molecule has 0 radical (unpaired) electrons. The van der Waals surface area contributed by atoms with Gasteiger partial charge >= 0.3 is 5.92 Å². The van der Waals surface area contributed by atoms with Crippen LogP contribution < -0.4 is 14.8 Å². The van der Waals surface area contributed by atoms with Crippen LogP contribution in [0.15, 0.2) is 30.3 Å². The molecule has 2 N–H and O–H groups in total. The summed E-state index contributed by atoms with van der Waals surface area (Å²) in [5.41, 5.74) is -2.74. The number of benzene rings is 2. The lowest BCUT2D eigenvalue weighted by Crippen LogP contribution is -2.41. The third kappa shape index (κ3) is 5.99. The van der Waals surface area contributed by atoms with E-state index in [0.717, 1.165) is 19.9 Å². The molecule has 0 aliphatic heterocycles. The predicted octanol–water partition coefficient (Wildman–Crippen LogP) is 5.36. The van der Waals surface area contributed by atoms with Gasteiger partial charge in [-0.2, -0.15) is 8.78 Å². The number of fused-ring (bicyclic) bond motifs is 1. The summed E-state index contributed by atoms with van der Waals surface area (Å²) in [4.78, 5) is 8.91. The topological polar surface area (TPSA) is 85.7 Å². The number of nitrogens with zero attached hydrogens (tertiary/aromatic N) is 2. The van der Waals surface area contributed by atoms with Crippen molar-refractivity contribution in [1.82, 2.24) is 9.97 Å². The van der Waals surface area contributed by atoms with Gasteiger partial charge < -0.3 is 24.6 Å². The number of anilines is 1. The standard InChI is InChI=1S/C26H32F3N3O4/c1-15(2)36-22-13-20-18(12-21(22)35-11-10-34-6)24(32-16(3)31-20)30-14-17-8-7-9-19(23(17)27)26(28,29)25(4,5)33/h7-9,12-13,15,33H,10-11,14H2,1-6H3,(H,30,31,32). The average molecular weight is 508 g/mol. The highest BCUT2D eigenvalue weighted by Crippen LogP contribution is 2.40. The highest BCUT2D eigenvalue weighted by Gasteiger charge is 2.48. The second-order valence-corrected chi connectivity index (χ2v) is 9.21. The highest BCUT2D eigenvalue weighted by atomic mass is 19.3. The van der Waals surface area contributed by atoms with Crippen molar-refractivity contribution in [3.05, 3.63) is 53.1 Å². The Morgan fingerprint density at radius 1 is 1.08 bits per heavy atom. The molecule has 0 aliphatic carbocycles. The molecule has 3 rings (SSSR count). The number of aliphatic hydroxyl groups is 1. The summed E-state index contributed by atoms with van der Waals surface area (Å²) in [5, 5.41) is 13.5. The van der Waals surface area contributed by atoms with Gasteiger partial charge in [-0.25, -0.2) is 14.4 Å². The van der Waals surface area contributed by atoms with Crippen LogP contribution in [-0.2, 0) is 17.2 Å². The number of hydrogen-bond acceptors (Lipinski definition) is 7. The molecule has 1 aromatic heterocycles. The van der Waals surface area contributed by atoms with Crippen LogP contribution >= 0.6 is 0 Å². The molecule has 0 saturated heterocycles. The van der Waals surface area contributed by atoms with Gasteiger partial charge in [0, 0.05) is 30.7 Å². The molecule has 10 heteroatoms. The number of aromatic nitrogens is 2. The quantitative estimate of drug-likeness (QED) is 0.338. The summed E-state index contributed by atoms with van der Waals surface area (Å²) in [6, 6.07) is 7.16. The minimum Gasteiger partial charge on any atom is -0.487 e. The molecule has 0 aliphatic rings. The van der Waals surface area contributed by atoms with Gasteiger partial charge in [0.2, 0.25) is 0 Å². The van der Waals surface area contributed by atoms with Crippen LogP contribution in [0.4, 0.5) is 19.0 Å². The molecule has 196 valence electrons. The summed E-state index contributed by atoms with van der Waals surface area (Å²) in [5.74, 6) is -3.08. The first kappa shape index (κ1) is 27.5. The van der Waals surface area contributed by atoms with Gasteiger partial charge in [-0.3, -0.25) is 0 Å². The first-order valence-electron chi connectivity index (χ1n) is 11.6. The van der Waals surface area contributed by atoms with E-state index in [9.17, 15) is 13.9 Å². The van der Waals surface area contributed by atoms with E-state index in [-0.39, 0.29) is 18.2 Å². The van der Waals surface area contributed by atoms with Gasteiger partial charge in [0.15, 0.2) is 11.5 Å². The molecule has 0 saturated carbocycles. The van der Waals surface area contributed by atoms with E-state index >= 15 is 4.39 Å². The maximum Gasteiger partial charge on any atom is 0.303 e. The number of alkyl halides is 2. The van der Waals surface area contributed by atoms with Crippen molar-refractivity contribution in [2.24, 2.45) is 0 Å². The zero-order valence-electron chi connectivity index (χ0n) is 21.3. The van der Waals surface area contributed by atoms with Crippen molar-refractivity contribution >= 4 is 16.7 Å². The number of rotatable bonds is 11. The minimum atomic E-state index is -3.79. The van der Waals surface area contributed by atoms with Gasteiger partial charge in [-0.1, -0.05) is 12.1 Å². The number of aryl methyl sites for hydroxylation is 1. The fourth-order valence-electron chi connectivity index (χ4n) is 3.55. The number of halogens is 3. The van der Waals surface area contributed by atoms with Crippen LogP contribution in [0, 0.1) is 12.7 Å². The zero-order valence-corrected chi connectivity index (χ0v) is 21.3. The Balaban J connectivity index is 1.99. The van der Waals surface area contributed by atoms with Crippen molar-refractivity contribution in [1.29, 1.82) is 0 Å². The Labute approximate surface area is 208 Å². The van der Waals surface area contributed by atoms with Crippen molar-refractivity contribution < 1.29 is 32.5 Å². The Kier molecular flexibility index (Phi) is 8.30. The van der Waals surface area contributed by atoms with E-state index in [1.807, 2.05) is 13.8 Å². The lowest BCUT2D eigenvalue weighted by atomic mass is 9.92. The van der Waals surface area contributed by atoms with Crippen molar-refractivity contribution in [3.63, 3.8) is 0 Å². The second-order valence-electron chi connectivity index (χ2n) is 9.21. The highest BCUT2D eigenvalue weighted by molar-refractivity contribution is 5.91. The molecule has 36 heavy (non-hydrogen) atoms. The lowest BCUT2D eigenvalue weighted by Gasteiger charge is -2.30. The number of ether oxygens (including phenoxy) is 3. The zero-order chi connectivity index (χ0) is 26.7. The van der Waals surface area contributed by atoms with Crippen molar-refractivity contribution in [2.75, 3.05) is 25.6 Å². The molecule has 1 heterocycles. The summed E-state index contributed by atoms with van der Waals surface area (Å²) in [6.45, 7) is 7.92. The molecule has 0 bridgehead atoms. The second kappa shape index (κ2) is 10.9. The normalized spacial score (nSPS) is 12.3. The Morgan fingerprint density at radius 2 is 1.81 bits per heavy atom. The maximum absolute atomic E-state index is 15.1. The molecule has 0 atom stereocenters. The fraction of sp³-hybridized carbons (Fsp3) is 0.462. The summed E-state index contributed by atoms with van der Waals surface area (Å²) < 4.78 is 61.2. The average Bonchev–Trinajstić information content (AvgIpc) is 2.77. The molecule has 0 spiro atoms.